The van der Waals surface area contributed by atoms with Gasteiger partial charge in [0.25, 0.3) is 0 Å². The maximum absolute atomic E-state index is 14.0. The van der Waals surface area contributed by atoms with E-state index in [1.165, 1.54) is 0 Å². The Morgan fingerprint density at radius 3 is 1.98 bits per heavy atom. The number of halogens is 5. The molecule has 0 spiro atoms. The van der Waals surface area contributed by atoms with Crippen LogP contribution in [0.3, 0.4) is 0 Å². The minimum absolute atomic E-state index is 0.0417. The Hall–Kier alpha value is -4.11. The van der Waals surface area contributed by atoms with E-state index in [1.54, 1.807) is 6.92 Å². The minimum Gasteiger partial charge on any atom is -0.418 e. The maximum atomic E-state index is 14.0. The Bertz CT molecular complexity index is 1330. The second kappa shape index (κ2) is 16.8. The fourth-order valence-electron chi connectivity index (χ4n) is 4.49. The smallest absolute Gasteiger partial charge is 0.333 e. The van der Waals surface area contributed by atoms with Gasteiger partial charge in [-0.1, -0.05) is 43.7 Å². The molecule has 0 aliphatic carbocycles. The molecule has 1 saturated heterocycles. The van der Waals surface area contributed by atoms with E-state index < -0.39 is 76.7 Å². The zero-order valence-electron chi connectivity index (χ0n) is 24.8. The topological polar surface area (TPSA) is 126 Å². The molecular formula is C30H35F5N4O6. The van der Waals surface area contributed by atoms with Crippen molar-refractivity contribution in [2.75, 3.05) is 32.8 Å². The van der Waals surface area contributed by atoms with Crippen LogP contribution in [0.25, 0.3) is 0 Å². The lowest BCUT2D eigenvalue weighted by Crippen LogP contribution is -2.56. The highest BCUT2D eigenvalue weighted by molar-refractivity contribution is 5.93. The summed E-state index contributed by atoms with van der Waals surface area (Å²) in [5.41, 5.74) is 0.918. The number of hydrogen-bond acceptors (Lipinski definition) is 7. The van der Waals surface area contributed by atoms with Gasteiger partial charge in [0.1, 0.15) is 18.1 Å². The summed E-state index contributed by atoms with van der Waals surface area (Å²) in [7, 11) is 0. The standard InChI is InChI=1S/C30H35F5N4O6/c1-3-7-19(28(41)36-17(2)30(43)45-27-25(34)23(32)22(31)24(33)26(27)35)38-29(42)20(11-10-18-8-5-4-6-9-18)37-21(40)16-39-12-14-44-15-13-39/h4-6,8-9,17,19-20H,3,7,10-16H2,1-2H3,(H,36,41)(H,37,40)(H,38,42)/t17-,19?,20-/m0/s1. The van der Waals surface area contributed by atoms with Gasteiger partial charge in [0.05, 0.1) is 19.8 Å². The van der Waals surface area contributed by atoms with Gasteiger partial charge in [-0.15, -0.1) is 0 Å². The second-order valence-electron chi connectivity index (χ2n) is 10.4. The number of nitrogens with zero attached hydrogens (tertiary/aromatic N) is 1. The molecule has 2 aromatic rings. The van der Waals surface area contributed by atoms with Crippen LogP contribution in [0.4, 0.5) is 22.0 Å². The van der Waals surface area contributed by atoms with E-state index in [1.807, 2.05) is 35.2 Å². The SMILES string of the molecule is CCCC(NC(=O)[C@H](CCc1ccccc1)NC(=O)CN1CCOCC1)C(=O)N[C@@H](C)C(=O)Oc1c(F)c(F)c(F)c(F)c1F. The third-order valence-corrected chi connectivity index (χ3v) is 6.98. The predicted molar refractivity (Wildman–Crippen MR) is 150 cm³/mol. The first-order valence-corrected chi connectivity index (χ1v) is 14.4. The van der Waals surface area contributed by atoms with Crippen LogP contribution < -0.4 is 20.7 Å². The van der Waals surface area contributed by atoms with E-state index in [0.29, 0.717) is 39.1 Å². The number of ether oxygens (including phenoxy) is 2. The molecule has 1 unspecified atom stereocenters. The molecule has 246 valence electrons. The van der Waals surface area contributed by atoms with Crippen molar-refractivity contribution in [3.05, 3.63) is 65.0 Å². The lowest BCUT2D eigenvalue weighted by Gasteiger charge is -2.27. The highest BCUT2D eigenvalue weighted by atomic mass is 19.2. The second-order valence-corrected chi connectivity index (χ2v) is 10.4. The van der Waals surface area contributed by atoms with Gasteiger partial charge in [-0.3, -0.25) is 19.3 Å². The van der Waals surface area contributed by atoms with E-state index in [4.69, 9.17) is 4.74 Å². The Balaban J connectivity index is 1.67. The molecule has 1 aliphatic heterocycles. The van der Waals surface area contributed by atoms with Gasteiger partial charge in [-0.25, -0.2) is 18.0 Å². The highest BCUT2D eigenvalue weighted by Gasteiger charge is 2.32. The van der Waals surface area contributed by atoms with Crippen molar-refractivity contribution in [1.82, 2.24) is 20.9 Å². The number of carbonyl (C=O) groups excluding carboxylic acids is 4. The average Bonchev–Trinajstić information content (AvgIpc) is 3.03. The molecule has 2 aromatic carbocycles. The summed E-state index contributed by atoms with van der Waals surface area (Å²) in [6.07, 6.45) is 1.14. The van der Waals surface area contributed by atoms with Crippen molar-refractivity contribution in [1.29, 1.82) is 0 Å². The van der Waals surface area contributed by atoms with E-state index in [9.17, 15) is 41.1 Å². The molecule has 1 aliphatic rings. The molecule has 45 heavy (non-hydrogen) atoms. The largest absolute Gasteiger partial charge is 0.418 e. The number of morpholine rings is 1. The van der Waals surface area contributed by atoms with Crippen LogP contribution in [0, 0.1) is 29.1 Å². The molecular weight excluding hydrogens is 607 g/mol. The molecule has 15 heteroatoms. The predicted octanol–water partition coefficient (Wildman–Crippen LogP) is 2.53. The number of amides is 3. The Kier molecular flexibility index (Phi) is 13.2. The summed E-state index contributed by atoms with van der Waals surface area (Å²) in [6, 6.07) is 5.39. The molecule has 0 saturated carbocycles. The van der Waals surface area contributed by atoms with Gasteiger partial charge in [0, 0.05) is 13.1 Å². The normalized spacial score (nSPS) is 15.4. The van der Waals surface area contributed by atoms with Crippen LogP contribution in [-0.4, -0.2) is 79.6 Å². The zero-order chi connectivity index (χ0) is 33.1. The molecule has 3 amide bonds. The molecule has 3 rings (SSSR count). The van der Waals surface area contributed by atoms with Crippen molar-refractivity contribution in [3.63, 3.8) is 0 Å². The summed E-state index contributed by atoms with van der Waals surface area (Å²) >= 11 is 0. The molecule has 3 atom stereocenters. The molecule has 1 heterocycles. The highest BCUT2D eigenvalue weighted by Crippen LogP contribution is 2.29. The van der Waals surface area contributed by atoms with Crippen LogP contribution in [0.15, 0.2) is 30.3 Å². The van der Waals surface area contributed by atoms with E-state index in [2.05, 4.69) is 20.7 Å². The van der Waals surface area contributed by atoms with Gasteiger partial charge in [0.15, 0.2) is 0 Å². The summed E-state index contributed by atoms with van der Waals surface area (Å²) in [6.45, 7) is 4.89. The van der Waals surface area contributed by atoms with Gasteiger partial charge in [-0.05, 0) is 31.7 Å². The quantitative estimate of drug-likeness (QED) is 0.0951. The zero-order valence-corrected chi connectivity index (χ0v) is 24.8. The molecule has 0 aromatic heterocycles. The summed E-state index contributed by atoms with van der Waals surface area (Å²) in [4.78, 5) is 53.6. The van der Waals surface area contributed by atoms with E-state index in [-0.39, 0.29) is 19.4 Å². The van der Waals surface area contributed by atoms with Gasteiger partial charge in [0.2, 0.25) is 52.6 Å². The fourth-order valence-corrected chi connectivity index (χ4v) is 4.49. The first-order chi connectivity index (χ1) is 21.4. The maximum Gasteiger partial charge on any atom is 0.333 e. The lowest BCUT2D eigenvalue weighted by molar-refractivity contribution is -0.140. The minimum atomic E-state index is -2.43. The fraction of sp³-hybridized carbons (Fsp3) is 0.467. The van der Waals surface area contributed by atoms with Crippen LogP contribution in [-0.2, 0) is 30.3 Å². The Labute approximate surface area is 256 Å². The van der Waals surface area contributed by atoms with Crippen LogP contribution in [0.1, 0.15) is 38.7 Å². The van der Waals surface area contributed by atoms with Crippen LogP contribution >= 0.6 is 0 Å². The summed E-state index contributed by atoms with van der Waals surface area (Å²) < 4.78 is 77.9. The molecule has 0 radical (unpaired) electrons. The third-order valence-electron chi connectivity index (χ3n) is 6.98. The Morgan fingerprint density at radius 2 is 1.38 bits per heavy atom. The first kappa shape index (κ1) is 35.4. The number of hydrogen-bond donors (Lipinski definition) is 3. The third kappa shape index (κ3) is 9.94. The van der Waals surface area contributed by atoms with Crippen LogP contribution in [0.2, 0.25) is 0 Å². The van der Waals surface area contributed by atoms with Crippen molar-refractivity contribution in [2.45, 2.75) is 57.7 Å². The van der Waals surface area contributed by atoms with Crippen molar-refractivity contribution in [2.24, 2.45) is 0 Å². The first-order valence-electron chi connectivity index (χ1n) is 14.4. The number of nitrogens with one attached hydrogen (secondary N) is 3. The van der Waals surface area contributed by atoms with E-state index >= 15 is 0 Å². The molecule has 3 N–H and O–H groups in total. The number of carbonyl (C=O) groups is 4. The monoisotopic (exact) mass is 642 g/mol. The number of esters is 1. The number of rotatable bonds is 14. The van der Waals surface area contributed by atoms with Crippen molar-refractivity contribution >= 4 is 23.7 Å². The molecule has 0 bridgehead atoms. The van der Waals surface area contributed by atoms with Gasteiger partial charge < -0.3 is 25.4 Å². The van der Waals surface area contributed by atoms with Crippen molar-refractivity contribution in [3.8, 4) is 5.75 Å². The summed E-state index contributed by atoms with van der Waals surface area (Å²) in [5, 5.41) is 7.54. The Morgan fingerprint density at radius 1 is 0.822 bits per heavy atom. The number of benzene rings is 2. The molecule has 1 fully saturated rings. The number of aryl methyl sites for hydroxylation is 1. The van der Waals surface area contributed by atoms with Gasteiger partial charge in [-0.2, -0.15) is 8.78 Å². The summed E-state index contributed by atoms with van der Waals surface area (Å²) in [5.74, 6) is -17.0. The van der Waals surface area contributed by atoms with Crippen LogP contribution in [0.5, 0.6) is 5.75 Å². The molecule has 10 nitrogen and oxygen atoms in total. The van der Waals surface area contributed by atoms with Gasteiger partial charge >= 0.3 is 5.97 Å². The van der Waals surface area contributed by atoms with E-state index in [0.717, 1.165) is 12.5 Å². The van der Waals surface area contributed by atoms with Crippen molar-refractivity contribution < 1.29 is 50.6 Å². The average molecular weight is 643 g/mol. The lowest BCUT2D eigenvalue weighted by atomic mass is 10.0.